The third-order valence-corrected chi connectivity index (χ3v) is 7.77. The predicted octanol–water partition coefficient (Wildman–Crippen LogP) is 6.60. The maximum atomic E-state index is 12.9. The fourth-order valence-corrected chi connectivity index (χ4v) is 5.17. The van der Waals surface area contributed by atoms with E-state index in [1.807, 2.05) is 27.7 Å². The van der Waals surface area contributed by atoms with Crippen LogP contribution in [0.25, 0.3) is 0 Å². The molecule has 0 aliphatic carbocycles. The summed E-state index contributed by atoms with van der Waals surface area (Å²) in [6, 6.07) is 9.92. The number of hydrogen-bond acceptors (Lipinski definition) is 7. The number of pyridine rings is 1. The van der Waals surface area contributed by atoms with Gasteiger partial charge in [0.25, 0.3) is 5.91 Å². The van der Waals surface area contributed by atoms with Crippen molar-refractivity contribution in [3.05, 3.63) is 59.6 Å². The van der Waals surface area contributed by atoms with Crippen molar-refractivity contribution in [1.82, 2.24) is 15.0 Å². The van der Waals surface area contributed by atoms with Crippen LogP contribution in [0, 0.1) is 6.92 Å². The number of rotatable bonds is 6. The van der Waals surface area contributed by atoms with Gasteiger partial charge in [-0.3, -0.25) is 15.0 Å². The lowest BCUT2D eigenvalue weighted by molar-refractivity contribution is -0.0557. The lowest BCUT2D eigenvalue weighted by Crippen LogP contribution is -2.60. The molecule has 4 rings (SSSR count). The van der Waals surface area contributed by atoms with Gasteiger partial charge in [0.2, 0.25) is 0 Å². The fourth-order valence-electron chi connectivity index (χ4n) is 5.17. The van der Waals surface area contributed by atoms with Gasteiger partial charge >= 0.3 is 6.03 Å². The van der Waals surface area contributed by atoms with E-state index in [0.29, 0.717) is 28.7 Å². The van der Waals surface area contributed by atoms with Crippen LogP contribution in [0.2, 0.25) is 0 Å². The number of carbonyl (C=O) groups is 2. The summed E-state index contributed by atoms with van der Waals surface area (Å²) in [5.74, 6) is 1.31. The molecule has 1 aliphatic rings. The van der Waals surface area contributed by atoms with Crippen LogP contribution in [0.1, 0.15) is 83.1 Å². The Labute approximate surface area is 242 Å². The third kappa shape index (κ3) is 7.24. The molecule has 0 radical (unpaired) electrons. The number of ether oxygens (including phenoxy) is 1. The van der Waals surface area contributed by atoms with Gasteiger partial charge in [-0.2, -0.15) is 0 Å². The van der Waals surface area contributed by atoms with Gasteiger partial charge in [-0.1, -0.05) is 25.9 Å². The van der Waals surface area contributed by atoms with Crippen LogP contribution in [-0.4, -0.2) is 51.2 Å². The quantitative estimate of drug-likeness (QED) is 0.309. The van der Waals surface area contributed by atoms with Crippen LogP contribution in [-0.2, 0) is 5.41 Å². The van der Waals surface area contributed by atoms with E-state index in [4.69, 9.17) is 9.26 Å². The predicted molar refractivity (Wildman–Crippen MR) is 161 cm³/mol. The molecular weight excluding hydrogens is 520 g/mol. The first-order chi connectivity index (χ1) is 19.0. The number of urea groups is 1. The standard InChI is InChI=1S/C31H42N6O4/c1-19-14-20(33-28(39)35-26-15-25(41-36-26)29(2,3)4)10-12-23(19)34-27(38)24-13-11-21(18-32-24)40-22-16-30(5,6)37(9)31(7,8)17-22/h10-15,18,22H,16-17H2,1-9H3,(H,34,38)(H2,33,35,36,39). The highest BCUT2D eigenvalue weighted by Crippen LogP contribution is 2.38. The van der Waals surface area contributed by atoms with E-state index in [2.05, 4.69) is 65.7 Å². The third-order valence-electron chi connectivity index (χ3n) is 7.77. The smallest absolute Gasteiger partial charge is 0.324 e. The SMILES string of the molecule is Cc1cc(NC(=O)Nc2cc(C(C)(C)C)on2)ccc1NC(=O)c1ccc(OC2CC(C)(C)N(C)C(C)(C)C2)cn1. The van der Waals surface area contributed by atoms with E-state index in [-0.39, 0.29) is 34.2 Å². The number of aryl methyl sites for hydroxylation is 1. The molecule has 10 nitrogen and oxygen atoms in total. The van der Waals surface area contributed by atoms with E-state index in [1.54, 1.807) is 42.6 Å². The zero-order chi connectivity index (χ0) is 30.2. The summed E-state index contributed by atoms with van der Waals surface area (Å²) in [5.41, 5.74) is 2.06. The molecular formula is C31H42N6O4. The van der Waals surface area contributed by atoms with Gasteiger partial charge in [-0.15, -0.1) is 0 Å². The van der Waals surface area contributed by atoms with E-state index in [0.717, 1.165) is 18.4 Å². The summed E-state index contributed by atoms with van der Waals surface area (Å²) in [5, 5.41) is 12.2. The minimum Gasteiger partial charge on any atom is -0.489 e. The number of piperidine rings is 1. The number of likely N-dealkylation sites (tertiary alicyclic amines) is 1. The maximum absolute atomic E-state index is 12.9. The highest BCUT2D eigenvalue weighted by atomic mass is 16.5. The Morgan fingerprint density at radius 3 is 2.24 bits per heavy atom. The zero-order valence-electron chi connectivity index (χ0n) is 25.5. The topological polar surface area (TPSA) is 122 Å². The van der Waals surface area contributed by atoms with Crippen LogP contribution in [0.4, 0.5) is 22.0 Å². The van der Waals surface area contributed by atoms with Crippen molar-refractivity contribution in [2.45, 2.75) is 90.8 Å². The number of hydrogen-bond donors (Lipinski definition) is 3. The Bertz CT molecular complexity index is 1390. The van der Waals surface area contributed by atoms with Gasteiger partial charge in [-0.25, -0.2) is 9.78 Å². The molecule has 1 saturated heterocycles. The Hall–Kier alpha value is -3.92. The van der Waals surface area contributed by atoms with Crippen molar-refractivity contribution < 1.29 is 18.8 Å². The molecule has 0 atom stereocenters. The molecule has 0 unspecified atom stereocenters. The summed E-state index contributed by atoms with van der Waals surface area (Å²) in [6.07, 6.45) is 3.47. The number of nitrogens with zero attached hydrogens (tertiary/aromatic N) is 3. The number of nitrogens with one attached hydrogen (secondary N) is 3. The molecule has 1 aliphatic heterocycles. The second-order valence-corrected chi connectivity index (χ2v) is 13.1. The van der Waals surface area contributed by atoms with Crippen LogP contribution >= 0.6 is 0 Å². The highest BCUT2D eigenvalue weighted by Gasteiger charge is 2.44. The lowest BCUT2D eigenvalue weighted by Gasteiger charge is -2.53. The highest BCUT2D eigenvalue weighted by molar-refractivity contribution is 6.04. The van der Waals surface area contributed by atoms with Crippen molar-refractivity contribution in [1.29, 1.82) is 0 Å². The van der Waals surface area contributed by atoms with Crippen LogP contribution in [0.3, 0.4) is 0 Å². The molecule has 0 saturated carbocycles. The van der Waals surface area contributed by atoms with Crippen LogP contribution < -0.4 is 20.7 Å². The number of benzene rings is 1. The fraction of sp³-hybridized carbons (Fsp3) is 0.484. The maximum Gasteiger partial charge on any atom is 0.324 e. The summed E-state index contributed by atoms with van der Waals surface area (Å²) < 4.78 is 11.6. The van der Waals surface area contributed by atoms with Crippen molar-refractivity contribution in [2.24, 2.45) is 0 Å². The first-order valence-corrected chi connectivity index (χ1v) is 13.9. The molecule has 1 aromatic carbocycles. The average Bonchev–Trinajstić information content (AvgIpc) is 3.33. The zero-order valence-corrected chi connectivity index (χ0v) is 25.5. The summed E-state index contributed by atoms with van der Waals surface area (Å²) in [7, 11) is 2.16. The molecule has 3 N–H and O–H groups in total. The normalized spacial score (nSPS) is 17.1. The Morgan fingerprint density at radius 1 is 1.00 bits per heavy atom. The monoisotopic (exact) mass is 562 g/mol. The Balaban J connectivity index is 1.33. The number of aromatic nitrogens is 2. The molecule has 41 heavy (non-hydrogen) atoms. The molecule has 10 heteroatoms. The van der Waals surface area contributed by atoms with Gasteiger partial charge in [0, 0.05) is 46.8 Å². The van der Waals surface area contributed by atoms with E-state index >= 15 is 0 Å². The number of anilines is 3. The van der Waals surface area contributed by atoms with Gasteiger partial charge in [0.15, 0.2) is 5.82 Å². The molecule has 3 aromatic rings. The molecule has 3 amide bonds. The summed E-state index contributed by atoms with van der Waals surface area (Å²) in [4.78, 5) is 32.1. The van der Waals surface area contributed by atoms with Crippen molar-refractivity contribution in [3.8, 4) is 5.75 Å². The Kier molecular flexibility index (Phi) is 8.18. The van der Waals surface area contributed by atoms with Crippen molar-refractivity contribution in [3.63, 3.8) is 0 Å². The van der Waals surface area contributed by atoms with E-state index in [1.165, 1.54) is 0 Å². The second-order valence-electron chi connectivity index (χ2n) is 13.1. The largest absolute Gasteiger partial charge is 0.489 e. The van der Waals surface area contributed by atoms with E-state index in [9.17, 15) is 9.59 Å². The Morgan fingerprint density at radius 2 is 1.68 bits per heavy atom. The van der Waals surface area contributed by atoms with Crippen molar-refractivity contribution in [2.75, 3.05) is 23.0 Å². The molecule has 0 spiro atoms. The van der Waals surface area contributed by atoms with Gasteiger partial charge in [-0.05, 0) is 77.6 Å². The molecule has 1 fully saturated rings. The second kappa shape index (κ2) is 11.2. The first kappa shape index (κ1) is 30.0. The summed E-state index contributed by atoms with van der Waals surface area (Å²) in [6.45, 7) is 16.8. The molecule has 3 heterocycles. The molecule has 220 valence electrons. The number of carbonyl (C=O) groups excluding carboxylic acids is 2. The minimum absolute atomic E-state index is 0.0135. The van der Waals surface area contributed by atoms with Gasteiger partial charge in [0.1, 0.15) is 23.3 Å². The van der Waals surface area contributed by atoms with Gasteiger partial charge < -0.3 is 19.9 Å². The van der Waals surface area contributed by atoms with Crippen LogP contribution in [0.15, 0.2) is 47.1 Å². The molecule has 0 bridgehead atoms. The van der Waals surface area contributed by atoms with Crippen LogP contribution in [0.5, 0.6) is 5.75 Å². The van der Waals surface area contributed by atoms with Crippen molar-refractivity contribution >= 4 is 29.1 Å². The lowest BCUT2D eigenvalue weighted by atomic mass is 9.79. The van der Waals surface area contributed by atoms with E-state index < -0.39 is 6.03 Å². The van der Waals surface area contributed by atoms with Gasteiger partial charge in [0.05, 0.1) is 6.20 Å². The minimum atomic E-state index is -0.450. The number of amides is 3. The first-order valence-electron chi connectivity index (χ1n) is 13.9. The summed E-state index contributed by atoms with van der Waals surface area (Å²) >= 11 is 0. The molecule has 2 aromatic heterocycles. The average molecular weight is 563 g/mol.